The van der Waals surface area contributed by atoms with Crippen molar-refractivity contribution in [3.05, 3.63) is 24.0 Å². The Morgan fingerprint density at radius 2 is 2.20 bits per heavy atom. The van der Waals surface area contributed by atoms with E-state index in [4.69, 9.17) is 10.4 Å². The first kappa shape index (κ1) is 15.4. The Balaban J connectivity index is 2.80. The lowest BCUT2D eigenvalue weighted by atomic mass is 10.2. The second-order valence-electron chi connectivity index (χ2n) is 4.39. The van der Waals surface area contributed by atoms with Crippen molar-refractivity contribution in [2.24, 2.45) is 0 Å². The molecule has 20 heavy (non-hydrogen) atoms. The van der Waals surface area contributed by atoms with Crippen molar-refractivity contribution >= 4 is 17.7 Å². The molecule has 0 atom stereocenters. The molecule has 0 fully saturated rings. The highest BCUT2D eigenvalue weighted by Crippen LogP contribution is 2.11. The van der Waals surface area contributed by atoms with Gasteiger partial charge in [0.15, 0.2) is 0 Å². The summed E-state index contributed by atoms with van der Waals surface area (Å²) < 4.78 is 0. The number of anilines is 1. The lowest BCUT2D eigenvalue weighted by Gasteiger charge is -2.26. The van der Waals surface area contributed by atoms with Gasteiger partial charge in [0, 0.05) is 18.8 Å². The molecule has 2 N–H and O–H groups in total. The topological polar surface area (TPSA) is 106 Å². The third kappa shape index (κ3) is 4.24. The first-order chi connectivity index (χ1) is 9.45. The maximum Gasteiger partial charge on any atom is 0.337 e. The predicted molar refractivity (Wildman–Crippen MR) is 72.3 cm³/mol. The van der Waals surface area contributed by atoms with Gasteiger partial charge in [-0.1, -0.05) is 0 Å². The number of nitrogens with zero attached hydrogens (tertiary/aromatic N) is 3. The Bertz CT molecular complexity index is 537. The quantitative estimate of drug-likeness (QED) is 0.854. The fourth-order valence-corrected chi connectivity index (χ4v) is 1.59. The summed E-state index contributed by atoms with van der Waals surface area (Å²) in [6.45, 7) is 3.98. The lowest BCUT2D eigenvalue weighted by molar-refractivity contribution is 0.0696. The molecule has 1 aromatic rings. The molecule has 2 amide bonds. The Labute approximate surface area is 116 Å². The molecule has 1 aromatic heterocycles. The van der Waals surface area contributed by atoms with Crippen LogP contribution in [0.15, 0.2) is 18.5 Å². The Morgan fingerprint density at radius 3 is 2.75 bits per heavy atom. The van der Waals surface area contributed by atoms with Gasteiger partial charge in [-0.05, 0) is 19.9 Å². The summed E-state index contributed by atoms with van der Waals surface area (Å²) in [6, 6.07) is 2.85. The number of nitrogens with one attached hydrogen (secondary N) is 1. The molecule has 1 rings (SSSR count). The molecule has 7 nitrogen and oxygen atoms in total. The van der Waals surface area contributed by atoms with Crippen LogP contribution < -0.4 is 5.32 Å². The number of hydrogen-bond donors (Lipinski definition) is 2. The van der Waals surface area contributed by atoms with Gasteiger partial charge in [0.2, 0.25) is 0 Å². The molecule has 0 spiro atoms. The smallest absolute Gasteiger partial charge is 0.337 e. The summed E-state index contributed by atoms with van der Waals surface area (Å²) in [5.41, 5.74) is 0.299. The minimum Gasteiger partial charge on any atom is -0.478 e. The monoisotopic (exact) mass is 276 g/mol. The van der Waals surface area contributed by atoms with Crippen molar-refractivity contribution in [2.45, 2.75) is 26.3 Å². The molecule has 0 aromatic carbocycles. The van der Waals surface area contributed by atoms with E-state index in [9.17, 15) is 9.59 Å². The van der Waals surface area contributed by atoms with Gasteiger partial charge in [-0.3, -0.25) is 4.98 Å². The van der Waals surface area contributed by atoms with Gasteiger partial charge in [0.05, 0.1) is 29.9 Å². The van der Waals surface area contributed by atoms with Crippen molar-refractivity contribution in [2.75, 3.05) is 11.9 Å². The van der Waals surface area contributed by atoms with Crippen molar-refractivity contribution < 1.29 is 14.7 Å². The lowest BCUT2D eigenvalue weighted by Crippen LogP contribution is -2.40. The van der Waals surface area contributed by atoms with Gasteiger partial charge in [0.25, 0.3) is 0 Å². The fraction of sp³-hybridized carbons (Fsp3) is 0.385. The zero-order valence-corrected chi connectivity index (χ0v) is 11.3. The third-order valence-corrected chi connectivity index (χ3v) is 2.59. The highest BCUT2D eigenvalue weighted by Gasteiger charge is 2.17. The van der Waals surface area contributed by atoms with E-state index in [1.54, 1.807) is 0 Å². The van der Waals surface area contributed by atoms with E-state index >= 15 is 0 Å². The van der Waals surface area contributed by atoms with Crippen LogP contribution in [0.2, 0.25) is 0 Å². The number of aromatic carboxylic acids is 1. The van der Waals surface area contributed by atoms with Crippen LogP contribution in [-0.2, 0) is 0 Å². The van der Waals surface area contributed by atoms with Crippen molar-refractivity contribution in [3.8, 4) is 6.07 Å². The summed E-state index contributed by atoms with van der Waals surface area (Å²) >= 11 is 0. The minimum absolute atomic E-state index is 0.00378. The first-order valence-corrected chi connectivity index (χ1v) is 6.08. The average molecular weight is 276 g/mol. The molecule has 0 aliphatic carbocycles. The Kier molecular flexibility index (Phi) is 5.47. The molecule has 0 radical (unpaired) electrons. The van der Waals surface area contributed by atoms with Crippen molar-refractivity contribution in [1.82, 2.24) is 9.88 Å². The maximum absolute atomic E-state index is 12.1. The molecule has 0 saturated heterocycles. The van der Waals surface area contributed by atoms with Crippen molar-refractivity contribution in [3.63, 3.8) is 0 Å². The van der Waals surface area contributed by atoms with Gasteiger partial charge in [-0.25, -0.2) is 9.59 Å². The summed E-state index contributed by atoms with van der Waals surface area (Å²) in [7, 11) is 0. The van der Waals surface area contributed by atoms with E-state index in [0.29, 0.717) is 12.2 Å². The van der Waals surface area contributed by atoms with Crippen LogP contribution in [0.1, 0.15) is 30.6 Å². The maximum atomic E-state index is 12.1. The fourth-order valence-electron chi connectivity index (χ4n) is 1.59. The van der Waals surface area contributed by atoms with E-state index in [1.165, 1.54) is 23.4 Å². The highest BCUT2D eigenvalue weighted by molar-refractivity contribution is 5.92. The summed E-state index contributed by atoms with van der Waals surface area (Å²) in [6.07, 6.45) is 2.81. The summed E-state index contributed by atoms with van der Waals surface area (Å²) in [5, 5.41) is 20.0. The van der Waals surface area contributed by atoms with Gasteiger partial charge in [0.1, 0.15) is 0 Å². The standard InChI is InChI=1S/C13H16N4O3/c1-9(2)17(5-3-4-14)13(20)16-11-6-10(12(18)19)7-15-8-11/h6-9H,3,5H2,1-2H3,(H,16,20)(H,18,19). The summed E-state index contributed by atoms with van der Waals surface area (Å²) in [5.74, 6) is -1.11. The number of aromatic nitrogens is 1. The zero-order chi connectivity index (χ0) is 15.1. The molecular formula is C13H16N4O3. The highest BCUT2D eigenvalue weighted by atomic mass is 16.4. The number of hydrogen-bond acceptors (Lipinski definition) is 4. The minimum atomic E-state index is -1.11. The van der Waals surface area contributed by atoms with Crippen LogP contribution >= 0.6 is 0 Å². The second kappa shape index (κ2) is 7.09. The van der Waals surface area contributed by atoms with E-state index in [-0.39, 0.29) is 24.1 Å². The van der Waals surface area contributed by atoms with Crippen LogP contribution in [0.3, 0.4) is 0 Å². The number of pyridine rings is 1. The number of nitriles is 1. The van der Waals surface area contributed by atoms with Gasteiger partial charge < -0.3 is 15.3 Å². The van der Waals surface area contributed by atoms with Gasteiger partial charge in [-0.15, -0.1) is 0 Å². The molecule has 0 unspecified atom stereocenters. The predicted octanol–water partition coefficient (Wildman–Crippen LogP) is 1.94. The van der Waals surface area contributed by atoms with Crippen LogP contribution in [0.4, 0.5) is 10.5 Å². The van der Waals surface area contributed by atoms with Crippen LogP contribution in [0, 0.1) is 11.3 Å². The number of amides is 2. The largest absolute Gasteiger partial charge is 0.478 e. The van der Waals surface area contributed by atoms with Gasteiger partial charge >= 0.3 is 12.0 Å². The number of carbonyl (C=O) groups is 2. The Morgan fingerprint density at radius 1 is 1.50 bits per heavy atom. The van der Waals surface area contributed by atoms with Crippen LogP contribution in [0.25, 0.3) is 0 Å². The molecule has 0 aliphatic heterocycles. The molecule has 106 valence electrons. The number of rotatable bonds is 5. The molecule has 0 bridgehead atoms. The Hall–Kier alpha value is -2.62. The average Bonchev–Trinajstić information content (AvgIpc) is 2.39. The number of carboxylic acids is 1. The molecule has 0 aliphatic rings. The SMILES string of the molecule is CC(C)N(CCC#N)C(=O)Nc1cncc(C(=O)O)c1. The van der Waals surface area contributed by atoms with Crippen LogP contribution in [0.5, 0.6) is 0 Å². The molecule has 1 heterocycles. The summed E-state index contributed by atoms with van der Waals surface area (Å²) in [4.78, 5) is 28.2. The van der Waals surface area contributed by atoms with E-state index in [1.807, 2.05) is 19.9 Å². The molecule has 0 saturated carbocycles. The van der Waals surface area contributed by atoms with Gasteiger partial charge in [-0.2, -0.15) is 5.26 Å². The molecular weight excluding hydrogens is 260 g/mol. The third-order valence-electron chi connectivity index (χ3n) is 2.59. The normalized spacial score (nSPS) is 9.90. The van der Waals surface area contributed by atoms with E-state index in [0.717, 1.165) is 0 Å². The number of carbonyl (C=O) groups excluding carboxylic acids is 1. The second-order valence-corrected chi connectivity index (χ2v) is 4.39. The van der Waals surface area contributed by atoms with Crippen molar-refractivity contribution in [1.29, 1.82) is 5.26 Å². The number of urea groups is 1. The van der Waals surface area contributed by atoms with E-state index in [2.05, 4.69) is 10.3 Å². The zero-order valence-electron chi connectivity index (χ0n) is 11.3. The number of carboxylic acid groups (broad SMARTS) is 1. The molecule has 7 heteroatoms. The van der Waals surface area contributed by atoms with Crippen LogP contribution in [-0.4, -0.2) is 39.6 Å². The first-order valence-electron chi connectivity index (χ1n) is 6.08. The van der Waals surface area contributed by atoms with E-state index < -0.39 is 5.97 Å².